The Hall–Kier alpha value is -2.09. The second kappa shape index (κ2) is 6.57. The van der Waals surface area contributed by atoms with Crippen molar-refractivity contribution in [1.29, 1.82) is 0 Å². The predicted octanol–water partition coefficient (Wildman–Crippen LogP) is 2.50. The average Bonchev–Trinajstić information content (AvgIpc) is 3.27. The molecule has 1 unspecified atom stereocenters. The highest BCUT2D eigenvalue weighted by Crippen LogP contribution is 2.28. The van der Waals surface area contributed by atoms with Gasteiger partial charge < -0.3 is 4.74 Å². The molecule has 0 radical (unpaired) electrons. The van der Waals surface area contributed by atoms with E-state index in [2.05, 4.69) is 42.6 Å². The summed E-state index contributed by atoms with van der Waals surface area (Å²) in [6, 6.07) is 4.17. The topological polar surface area (TPSA) is 66.9 Å². The quantitative estimate of drug-likeness (QED) is 0.797. The number of hydrogen-bond acceptors (Lipinski definition) is 6. The highest BCUT2D eigenvalue weighted by molar-refractivity contribution is 7.13. The van der Waals surface area contributed by atoms with Crippen molar-refractivity contribution in [3.05, 3.63) is 53.6 Å². The maximum Gasteiger partial charge on any atom is 0.114 e. The average molecular weight is 327 g/mol. The Bertz CT molecular complexity index is 743. The van der Waals surface area contributed by atoms with Crippen molar-refractivity contribution >= 4 is 11.3 Å². The van der Waals surface area contributed by atoms with Gasteiger partial charge in [-0.1, -0.05) is 6.07 Å². The second-order valence-electron chi connectivity index (χ2n) is 5.47. The molecule has 0 saturated carbocycles. The Morgan fingerprint density at radius 3 is 3.17 bits per heavy atom. The molecule has 3 aromatic rings. The van der Waals surface area contributed by atoms with Gasteiger partial charge in [0.1, 0.15) is 6.10 Å². The van der Waals surface area contributed by atoms with E-state index >= 15 is 0 Å². The van der Waals surface area contributed by atoms with Crippen molar-refractivity contribution in [3.63, 3.8) is 0 Å². The van der Waals surface area contributed by atoms with Crippen LogP contribution in [0.4, 0.5) is 0 Å². The van der Waals surface area contributed by atoms with E-state index in [1.54, 1.807) is 29.9 Å². The number of morpholine rings is 1. The molecule has 1 aliphatic heterocycles. The van der Waals surface area contributed by atoms with E-state index in [0.717, 1.165) is 31.0 Å². The zero-order chi connectivity index (χ0) is 15.5. The fraction of sp³-hybridized carbons (Fsp3) is 0.312. The lowest BCUT2D eigenvalue weighted by molar-refractivity contribution is -0.0351. The molecule has 1 N–H and O–H groups in total. The van der Waals surface area contributed by atoms with Gasteiger partial charge in [0.15, 0.2) is 0 Å². The molecule has 4 rings (SSSR count). The molecule has 7 heteroatoms. The molecule has 0 amide bonds. The van der Waals surface area contributed by atoms with Crippen LogP contribution < -0.4 is 0 Å². The molecule has 1 aliphatic rings. The number of nitrogens with one attached hydrogen (secondary N) is 1. The fourth-order valence-corrected chi connectivity index (χ4v) is 3.56. The molecule has 23 heavy (non-hydrogen) atoms. The van der Waals surface area contributed by atoms with Crippen molar-refractivity contribution < 1.29 is 4.74 Å². The van der Waals surface area contributed by atoms with Crippen LogP contribution in [0.15, 0.2) is 42.3 Å². The van der Waals surface area contributed by atoms with Gasteiger partial charge in [-0.2, -0.15) is 5.10 Å². The molecule has 0 aromatic carbocycles. The molecular formula is C16H17N5OS. The summed E-state index contributed by atoms with van der Waals surface area (Å²) in [5.74, 6) is 0. The minimum atomic E-state index is -0.0189. The first-order valence-corrected chi connectivity index (χ1v) is 8.44. The minimum Gasteiger partial charge on any atom is -0.369 e. The van der Waals surface area contributed by atoms with Crippen LogP contribution in [0.3, 0.4) is 0 Å². The monoisotopic (exact) mass is 327 g/mol. The SMILES string of the molecule is c1csc(-c2[nH]ncc2CN2CCOC(c3cnccn3)C2)c1. The maximum atomic E-state index is 5.85. The predicted molar refractivity (Wildman–Crippen MR) is 87.9 cm³/mol. The van der Waals surface area contributed by atoms with E-state index in [-0.39, 0.29) is 6.10 Å². The molecule has 118 valence electrons. The van der Waals surface area contributed by atoms with Crippen LogP contribution >= 0.6 is 11.3 Å². The third kappa shape index (κ3) is 3.17. The first kappa shape index (κ1) is 14.5. The van der Waals surface area contributed by atoms with Gasteiger partial charge in [0.25, 0.3) is 0 Å². The van der Waals surface area contributed by atoms with Gasteiger partial charge in [-0.3, -0.25) is 20.0 Å². The van der Waals surface area contributed by atoms with Crippen LogP contribution in [0.5, 0.6) is 0 Å². The molecule has 1 fully saturated rings. The Kier molecular flexibility index (Phi) is 4.14. The Balaban J connectivity index is 1.48. The number of aromatic nitrogens is 4. The van der Waals surface area contributed by atoms with Crippen molar-refractivity contribution in [1.82, 2.24) is 25.1 Å². The molecule has 3 aromatic heterocycles. The van der Waals surface area contributed by atoms with Gasteiger partial charge in [0.2, 0.25) is 0 Å². The number of rotatable bonds is 4. The lowest BCUT2D eigenvalue weighted by Crippen LogP contribution is -2.38. The van der Waals surface area contributed by atoms with E-state index < -0.39 is 0 Å². The van der Waals surface area contributed by atoms with E-state index in [9.17, 15) is 0 Å². The van der Waals surface area contributed by atoms with Gasteiger partial charge in [0, 0.05) is 37.6 Å². The number of H-pyrrole nitrogens is 1. The molecular weight excluding hydrogens is 310 g/mol. The van der Waals surface area contributed by atoms with Crippen molar-refractivity contribution in [2.24, 2.45) is 0 Å². The van der Waals surface area contributed by atoms with Crippen LogP contribution in [0.1, 0.15) is 17.4 Å². The van der Waals surface area contributed by atoms with E-state index in [0.29, 0.717) is 6.61 Å². The summed E-state index contributed by atoms with van der Waals surface area (Å²) in [5, 5.41) is 9.43. The fourth-order valence-electron chi connectivity index (χ4n) is 2.81. The van der Waals surface area contributed by atoms with Crippen LogP contribution in [0, 0.1) is 0 Å². The lowest BCUT2D eigenvalue weighted by Gasteiger charge is -2.32. The van der Waals surface area contributed by atoms with Crippen LogP contribution in [0.25, 0.3) is 10.6 Å². The van der Waals surface area contributed by atoms with Gasteiger partial charge in [-0.25, -0.2) is 0 Å². The second-order valence-corrected chi connectivity index (χ2v) is 6.42. The first-order valence-electron chi connectivity index (χ1n) is 7.56. The van der Waals surface area contributed by atoms with Gasteiger partial charge in [0.05, 0.1) is 35.3 Å². The van der Waals surface area contributed by atoms with Gasteiger partial charge in [-0.15, -0.1) is 11.3 Å². The van der Waals surface area contributed by atoms with Crippen molar-refractivity contribution in [3.8, 4) is 10.6 Å². The number of aromatic amines is 1. The summed E-state index contributed by atoms with van der Waals surface area (Å²) >= 11 is 1.72. The molecule has 6 nitrogen and oxygen atoms in total. The normalized spacial score (nSPS) is 19.0. The smallest absolute Gasteiger partial charge is 0.114 e. The van der Waals surface area contributed by atoms with Gasteiger partial charge in [-0.05, 0) is 11.4 Å². The maximum absolute atomic E-state index is 5.85. The largest absolute Gasteiger partial charge is 0.369 e. The Morgan fingerprint density at radius 1 is 1.35 bits per heavy atom. The number of hydrogen-bond donors (Lipinski definition) is 1. The third-order valence-electron chi connectivity index (χ3n) is 3.94. The highest BCUT2D eigenvalue weighted by atomic mass is 32.1. The zero-order valence-corrected chi connectivity index (χ0v) is 13.4. The molecule has 1 atom stereocenters. The van der Waals surface area contributed by atoms with E-state index in [1.807, 2.05) is 6.20 Å². The number of nitrogens with zero attached hydrogens (tertiary/aromatic N) is 4. The van der Waals surface area contributed by atoms with E-state index in [4.69, 9.17) is 4.74 Å². The van der Waals surface area contributed by atoms with Crippen LogP contribution in [0.2, 0.25) is 0 Å². The summed E-state index contributed by atoms with van der Waals surface area (Å²) in [5.41, 5.74) is 3.22. The minimum absolute atomic E-state index is 0.0189. The summed E-state index contributed by atoms with van der Waals surface area (Å²) in [4.78, 5) is 12.1. The van der Waals surface area contributed by atoms with E-state index in [1.165, 1.54) is 10.4 Å². The van der Waals surface area contributed by atoms with Crippen molar-refractivity contribution in [2.75, 3.05) is 19.7 Å². The summed E-state index contributed by atoms with van der Waals surface area (Å²) in [7, 11) is 0. The van der Waals surface area contributed by atoms with Crippen LogP contribution in [-0.2, 0) is 11.3 Å². The Morgan fingerprint density at radius 2 is 2.35 bits per heavy atom. The molecule has 0 bridgehead atoms. The zero-order valence-electron chi connectivity index (χ0n) is 12.6. The highest BCUT2D eigenvalue weighted by Gasteiger charge is 2.24. The van der Waals surface area contributed by atoms with Crippen molar-refractivity contribution in [2.45, 2.75) is 12.6 Å². The first-order chi connectivity index (χ1) is 11.4. The standard InChI is InChI=1S/C16H17N5OS/c1-2-15(23-7-1)16-12(8-19-20-16)10-21-5-6-22-14(11-21)13-9-17-3-4-18-13/h1-4,7-9,14H,5-6,10-11H2,(H,19,20). The Labute approximate surface area is 138 Å². The number of ether oxygens (including phenoxy) is 1. The summed E-state index contributed by atoms with van der Waals surface area (Å²) < 4.78 is 5.85. The lowest BCUT2D eigenvalue weighted by atomic mass is 10.1. The summed E-state index contributed by atoms with van der Waals surface area (Å²) in [6.45, 7) is 3.27. The molecule has 0 aliphatic carbocycles. The number of thiophene rings is 1. The third-order valence-corrected chi connectivity index (χ3v) is 4.83. The summed E-state index contributed by atoms with van der Waals surface area (Å²) in [6.07, 6.45) is 7.07. The van der Waals surface area contributed by atoms with Crippen LogP contribution in [-0.4, -0.2) is 44.8 Å². The molecule has 0 spiro atoms. The van der Waals surface area contributed by atoms with Gasteiger partial charge >= 0.3 is 0 Å². The molecule has 4 heterocycles. The molecule has 1 saturated heterocycles.